The Balaban J connectivity index is 1.17. The minimum absolute atomic E-state index is 0.0384. The topological polar surface area (TPSA) is 87.5 Å². The molecule has 5 rings (SSSR count). The molecule has 0 aliphatic carbocycles. The maximum atomic E-state index is 12.9. The van der Waals surface area contributed by atoms with Gasteiger partial charge in [0.1, 0.15) is 11.4 Å². The zero-order chi connectivity index (χ0) is 21.9. The average molecular weight is 431 g/mol. The molecule has 2 aromatic carbocycles. The Hall–Kier alpha value is -3.65. The number of nitrogens with zero attached hydrogens (tertiary/aromatic N) is 4. The fourth-order valence-electron chi connectivity index (χ4n) is 3.96. The molecule has 0 bridgehead atoms. The monoisotopic (exact) mass is 431 g/mol. The largest absolute Gasteiger partial charge is 0.494 e. The second-order valence-electron chi connectivity index (χ2n) is 7.81. The van der Waals surface area contributed by atoms with Crippen molar-refractivity contribution in [2.75, 3.05) is 32.8 Å². The summed E-state index contributed by atoms with van der Waals surface area (Å²) in [5.41, 5.74) is 2.50. The van der Waals surface area contributed by atoms with E-state index in [0.717, 1.165) is 35.3 Å². The summed E-state index contributed by atoms with van der Waals surface area (Å²) in [7, 11) is 0. The van der Waals surface area contributed by atoms with Crippen LogP contribution in [0.4, 0.5) is 0 Å². The summed E-state index contributed by atoms with van der Waals surface area (Å²) in [5.74, 6) is 2.00. The van der Waals surface area contributed by atoms with E-state index >= 15 is 0 Å². The van der Waals surface area contributed by atoms with Crippen LogP contribution in [0.15, 0.2) is 59.1 Å². The molecule has 0 atom stereocenters. The summed E-state index contributed by atoms with van der Waals surface area (Å²) in [6.07, 6.45) is 0. The Bertz CT molecular complexity index is 1170. The molecule has 32 heavy (non-hydrogen) atoms. The van der Waals surface area contributed by atoms with E-state index in [1.165, 1.54) is 0 Å². The molecule has 4 aromatic rings. The van der Waals surface area contributed by atoms with Crippen molar-refractivity contribution in [3.8, 4) is 17.1 Å². The van der Waals surface area contributed by atoms with Crippen LogP contribution >= 0.6 is 0 Å². The highest BCUT2D eigenvalue weighted by Crippen LogP contribution is 2.21. The first kappa shape index (κ1) is 20.3. The highest BCUT2D eigenvalue weighted by atomic mass is 16.5. The van der Waals surface area contributed by atoms with Crippen molar-refractivity contribution in [3.05, 3.63) is 66.2 Å². The Kier molecular flexibility index (Phi) is 5.60. The third-order valence-electron chi connectivity index (χ3n) is 5.67. The van der Waals surface area contributed by atoms with Gasteiger partial charge in [-0.15, -0.1) is 0 Å². The van der Waals surface area contributed by atoms with Gasteiger partial charge in [-0.05, 0) is 43.3 Å². The van der Waals surface area contributed by atoms with E-state index in [4.69, 9.17) is 9.26 Å². The summed E-state index contributed by atoms with van der Waals surface area (Å²) < 4.78 is 10.9. The van der Waals surface area contributed by atoms with E-state index in [9.17, 15) is 4.79 Å². The van der Waals surface area contributed by atoms with E-state index in [-0.39, 0.29) is 5.91 Å². The SMILES string of the molecule is CCOc1ccc(-c2noc(CN3CCN(C(=O)c4cc5ccccc5[nH]4)CC3)n2)cc1. The minimum atomic E-state index is 0.0384. The molecule has 8 heteroatoms. The third-order valence-corrected chi connectivity index (χ3v) is 5.67. The van der Waals surface area contributed by atoms with E-state index < -0.39 is 0 Å². The molecule has 0 spiro atoms. The molecule has 1 amide bonds. The summed E-state index contributed by atoms with van der Waals surface area (Å²) in [5, 5.41) is 5.16. The zero-order valence-electron chi connectivity index (χ0n) is 18.0. The van der Waals surface area contributed by atoms with Gasteiger partial charge in [-0.1, -0.05) is 23.4 Å². The first-order valence-corrected chi connectivity index (χ1v) is 10.8. The van der Waals surface area contributed by atoms with Gasteiger partial charge in [0.2, 0.25) is 11.7 Å². The van der Waals surface area contributed by atoms with Crippen molar-refractivity contribution in [2.24, 2.45) is 0 Å². The number of rotatable bonds is 6. The second kappa shape index (κ2) is 8.84. The standard InChI is InChI=1S/C24H25N5O3/c1-2-31-19-9-7-17(8-10-19)23-26-22(32-27-23)16-28-11-13-29(14-12-28)24(30)21-15-18-5-3-4-6-20(18)25-21/h3-10,15,25H,2,11-14,16H2,1H3. The highest BCUT2D eigenvalue weighted by Gasteiger charge is 2.24. The van der Waals surface area contributed by atoms with Crippen LogP contribution in [-0.4, -0.2) is 63.6 Å². The third kappa shape index (κ3) is 4.22. The van der Waals surface area contributed by atoms with Crippen LogP contribution in [-0.2, 0) is 6.54 Å². The van der Waals surface area contributed by atoms with Gasteiger partial charge < -0.3 is 19.1 Å². The van der Waals surface area contributed by atoms with E-state index in [1.54, 1.807) is 0 Å². The Morgan fingerprint density at radius 2 is 1.88 bits per heavy atom. The van der Waals surface area contributed by atoms with Crippen molar-refractivity contribution in [1.82, 2.24) is 24.9 Å². The lowest BCUT2D eigenvalue weighted by atomic mass is 10.2. The number of hydrogen-bond donors (Lipinski definition) is 1. The fraction of sp³-hybridized carbons (Fsp3) is 0.292. The quantitative estimate of drug-likeness (QED) is 0.502. The number of aromatic amines is 1. The molecule has 3 heterocycles. The number of para-hydroxylation sites is 1. The normalized spacial score (nSPS) is 14.7. The molecule has 0 unspecified atom stereocenters. The number of benzene rings is 2. The van der Waals surface area contributed by atoms with Gasteiger partial charge in [0.25, 0.3) is 5.91 Å². The maximum absolute atomic E-state index is 12.9. The molecule has 1 saturated heterocycles. The number of piperazine rings is 1. The lowest BCUT2D eigenvalue weighted by Crippen LogP contribution is -2.48. The van der Waals surface area contributed by atoms with Gasteiger partial charge in [0, 0.05) is 42.6 Å². The van der Waals surface area contributed by atoms with E-state index in [2.05, 4.69) is 20.0 Å². The van der Waals surface area contributed by atoms with Crippen molar-refractivity contribution in [1.29, 1.82) is 0 Å². The van der Waals surface area contributed by atoms with Crippen LogP contribution in [0.25, 0.3) is 22.3 Å². The molecule has 1 fully saturated rings. The Morgan fingerprint density at radius 1 is 1.09 bits per heavy atom. The molecule has 0 saturated carbocycles. The van der Waals surface area contributed by atoms with Crippen LogP contribution in [0.2, 0.25) is 0 Å². The van der Waals surface area contributed by atoms with Gasteiger partial charge in [-0.3, -0.25) is 9.69 Å². The van der Waals surface area contributed by atoms with Crippen LogP contribution < -0.4 is 4.74 Å². The maximum Gasteiger partial charge on any atom is 0.270 e. The number of amides is 1. The van der Waals surface area contributed by atoms with Crippen LogP contribution in [0.1, 0.15) is 23.3 Å². The summed E-state index contributed by atoms with van der Waals surface area (Å²) in [6.45, 7) is 5.99. The second-order valence-corrected chi connectivity index (χ2v) is 7.81. The van der Waals surface area contributed by atoms with E-state index in [0.29, 0.717) is 43.7 Å². The zero-order valence-corrected chi connectivity index (χ0v) is 18.0. The highest BCUT2D eigenvalue weighted by molar-refractivity contribution is 5.98. The molecule has 2 aromatic heterocycles. The predicted octanol–water partition coefficient (Wildman–Crippen LogP) is 3.57. The van der Waals surface area contributed by atoms with Crippen molar-refractivity contribution in [2.45, 2.75) is 13.5 Å². The molecule has 1 aliphatic rings. The number of fused-ring (bicyclic) bond motifs is 1. The molecule has 1 aliphatic heterocycles. The van der Waals surface area contributed by atoms with Gasteiger partial charge >= 0.3 is 0 Å². The van der Waals surface area contributed by atoms with Gasteiger partial charge in [-0.2, -0.15) is 4.98 Å². The number of hydrogen-bond acceptors (Lipinski definition) is 6. The van der Waals surface area contributed by atoms with Crippen molar-refractivity contribution in [3.63, 3.8) is 0 Å². The summed E-state index contributed by atoms with van der Waals surface area (Å²) >= 11 is 0. The number of carbonyl (C=O) groups excluding carboxylic acids is 1. The number of H-pyrrole nitrogens is 1. The predicted molar refractivity (Wildman–Crippen MR) is 120 cm³/mol. The molecule has 0 radical (unpaired) electrons. The minimum Gasteiger partial charge on any atom is -0.494 e. The Labute approximate surface area is 185 Å². The van der Waals surface area contributed by atoms with Gasteiger partial charge in [-0.25, -0.2) is 0 Å². The first-order valence-electron chi connectivity index (χ1n) is 10.8. The molecular weight excluding hydrogens is 406 g/mol. The number of carbonyl (C=O) groups is 1. The summed E-state index contributed by atoms with van der Waals surface area (Å²) in [4.78, 5) is 24.8. The van der Waals surface area contributed by atoms with Crippen LogP contribution in [0.5, 0.6) is 5.75 Å². The Morgan fingerprint density at radius 3 is 2.62 bits per heavy atom. The van der Waals surface area contributed by atoms with Crippen molar-refractivity contribution < 1.29 is 14.1 Å². The molecular formula is C24H25N5O3. The number of aromatic nitrogens is 3. The van der Waals surface area contributed by atoms with Crippen LogP contribution in [0, 0.1) is 0 Å². The van der Waals surface area contributed by atoms with Gasteiger partial charge in [0.05, 0.1) is 13.2 Å². The molecule has 8 nitrogen and oxygen atoms in total. The molecule has 1 N–H and O–H groups in total. The smallest absolute Gasteiger partial charge is 0.270 e. The first-order chi connectivity index (χ1) is 15.7. The number of ether oxygens (including phenoxy) is 1. The van der Waals surface area contributed by atoms with E-state index in [1.807, 2.05) is 66.4 Å². The molecule has 164 valence electrons. The summed E-state index contributed by atoms with van der Waals surface area (Å²) in [6, 6.07) is 17.5. The van der Waals surface area contributed by atoms with Gasteiger partial charge in [0.15, 0.2) is 0 Å². The fourth-order valence-corrected chi connectivity index (χ4v) is 3.96. The van der Waals surface area contributed by atoms with Crippen molar-refractivity contribution >= 4 is 16.8 Å². The van der Waals surface area contributed by atoms with Crippen LogP contribution in [0.3, 0.4) is 0 Å². The lowest BCUT2D eigenvalue weighted by molar-refractivity contribution is 0.0610. The average Bonchev–Trinajstić information content (AvgIpc) is 3.47. The lowest BCUT2D eigenvalue weighted by Gasteiger charge is -2.33. The number of nitrogens with one attached hydrogen (secondary N) is 1.